The van der Waals surface area contributed by atoms with Crippen LogP contribution in [0.2, 0.25) is 5.02 Å². The van der Waals surface area contributed by atoms with E-state index in [-0.39, 0.29) is 22.7 Å². The van der Waals surface area contributed by atoms with Crippen molar-refractivity contribution >= 4 is 29.1 Å². The van der Waals surface area contributed by atoms with Crippen LogP contribution in [0.3, 0.4) is 0 Å². The zero-order chi connectivity index (χ0) is 18.8. The lowest BCUT2D eigenvalue weighted by Crippen LogP contribution is -2.50. The zero-order valence-corrected chi connectivity index (χ0v) is 14.2. The van der Waals surface area contributed by atoms with Crippen molar-refractivity contribution in [2.75, 3.05) is 0 Å². The molecule has 1 aliphatic heterocycles. The van der Waals surface area contributed by atoms with Gasteiger partial charge in [-0.3, -0.25) is 14.9 Å². The first-order chi connectivity index (χ1) is 12.4. The summed E-state index contributed by atoms with van der Waals surface area (Å²) in [5.74, 6) is -1.24. The average molecular weight is 372 g/mol. The Kier molecular flexibility index (Phi) is 4.73. The predicted octanol–water partition coefficient (Wildman–Crippen LogP) is 3.61. The molecule has 2 aromatic rings. The molecule has 8 heteroatoms. The number of nitrogens with zero attached hydrogens (tertiary/aromatic N) is 1. The minimum atomic E-state index is -0.916. The number of carbonyl (C=O) groups is 2. The number of hydrogen-bond acceptors (Lipinski definition) is 4. The first-order valence-corrected chi connectivity index (χ1v) is 8.05. The summed E-state index contributed by atoms with van der Waals surface area (Å²) < 4.78 is 0. The molecular formula is C18H14ClN3O4. The molecule has 2 N–H and O–H groups in total. The van der Waals surface area contributed by atoms with Gasteiger partial charge < -0.3 is 10.6 Å². The summed E-state index contributed by atoms with van der Waals surface area (Å²) in [6, 6.07) is 10.8. The van der Waals surface area contributed by atoms with Crippen LogP contribution >= 0.6 is 11.6 Å². The van der Waals surface area contributed by atoms with Gasteiger partial charge in [0.25, 0.3) is 5.69 Å². The fourth-order valence-corrected chi connectivity index (χ4v) is 3.09. The van der Waals surface area contributed by atoms with E-state index in [1.54, 1.807) is 30.3 Å². The number of rotatable bonds is 4. The number of ketones is 1. The number of para-hydroxylation sites is 1. The third-order valence-electron chi connectivity index (χ3n) is 4.15. The van der Waals surface area contributed by atoms with E-state index in [0.29, 0.717) is 10.6 Å². The van der Waals surface area contributed by atoms with E-state index < -0.39 is 22.9 Å². The van der Waals surface area contributed by atoms with Crippen molar-refractivity contribution in [3.8, 4) is 0 Å². The lowest BCUT2D eigenvalue weighted by atomic mass is 9.83. The minimum absolute atomic E-state index is 0.178. The van der Waals surface area contributed by atoms with Gasteiger partial charge >= 0.3 is 6.03 Å². The molecule has 132 valence electrons. The SMILES string of the molecule is C=C1NC(=O)N[C@@H](c2ccccc2[N+](=O)[O-])[C@H]1C(=O)c1ccc(Cl)cc1. The summed E-state index contributed by atoms with van der Waals surface area (Å²) in [6.45, 7) is 3.77. The lowest BCUT2D eigenvalue weighted by Gasteiger charge is -2.33. The van der Waals surface area contributed by atoms with Gasteiger partial charge in [-0.25, -0.2) is 4.79 Å². The predicted molar refractivity (Wildman–Crippen MR) is 95.9 cm³/mol. The summed E-state index contributed by atoms with van der Waals surface area (Å²) in [4.78, 5) is 35.8. The van der Waals surface area contributed by atoms with Gasteiger partial charge in [-0.15, -0.1) is 0 Å². The minimum Gasteiger partial charge on any atom is -0.330 e. The normalized spacial score (nSPS) is 19.4. The second kappa shape index (κ2) is 6.97. The van der Waals surface area contributed by atoms with Crippen LogP contribution in [-0.4, -0.2) is 16.7 Å². The maximum absolute atomic E-state index is 13.0. The van der Waals surface area contributed by atoms with Gasteiger partial charge in [0.2, 0.25) is 0 Å². The molecule has 2 aromatic carbocycles. The van der Waals surface area contributed by atoms with Crippen molar-refractivity contribution in [2.24, 2.45) is 5.92 Å². The number of nitro groups is 1. The molecule has 0 aliphatic carbocycles. The molecule has 0 radical (unpaired) electrons. The number of halogens is 1. The maximum atomic E-state index is 13.0. The van der Waals surface area contributed by atoms with Crippen LogP contribution < -0.4 is 10.6 Å². The third kappa shape index (κ3) is 3.29. The number of carbonyl (C=O) groups excluding carboxylic acids is 2. The van der Waals surface area contributed by atoms with Gasteiger partial charge in [0.05, 0.1) is 22.4 Å². The highest BCUT2D eigenvalue weighted by Crippen LogP contribution is 2.36. The van der Waals surface area contributed by atoms with Gasteiger partial charge in [-0.05, 0) is 24.3 Å². The number of nitrogens with one attached hydrogen (secondary N) is 2. The summed E-state index contributed by atoms with van der Waals surface area (Å²) in [6.07, 6.45) is 0. The van der Waals surface area contributed by atoms with Crippen LogP contribution in [0.15, 0.2) is 60.8 Å². The van der Waals surface area contributed by atoms with Crippen molar-refractivity contribution < 1.29 is 14.5 Å². The Morgan fingerprint density at radius 2 is 1.81 bits per heavy atom. The van der Waals surface area contributed by atoms with Crippen LogP contribution in [0, 0.1) is 16.0 Å². The molecule has 2 atom stereocenters. The molecular weight excluding hydrogens is 358 g/mol. The molecule has 0 bridgehead atoms. The molecule has 0 saturated carbocycles. The van der Waals surface area contributed by atoms with E-state index >= 15 is 0 Å². The van der Waals surface area contributed by atoms with Gasteiger partial charge in [0.15, 0.2) is 5.78 Å². The number of nitro benzene ring substituents is 1. The maximum Gasteiger partial charge on any atom is 0.319 e. The largest absolute Gasteiger partial charge is 0.330 e. The van der Waals surface area contributed by atoms with E-state index in [0.717, 1.165) is 0 Å². The van der Waals surface area contributed by atoms with Crippen LogP contribution in [-0.2, 0) is 0 Å². The van der Waals surface area contributed by atoms with E-state index in [4.69, 9.17) is 11.6 Å². The van der Waals surface area contributed by atoms with Crippen LogP contribution in [0.25, 0.3) is 0 Å². The Balaban J connectivity index is 2.07. The van der Waals surface area contributed by atoms with Crippen LogP contribution in [0.4, 0.5) is 10.5 Å². The zero-order valence-electron chi connectivity index (χ0n) is 13.4. The number of hydrogen-bond donors (Lipinski definition) is 2. The quantitative estimate of drug-likeness (QED) is 0.487. The van der Waals surface area contributed by atoms with Crippen molar-refractivity contribution in [1.29, 1.82) is 0 Å². The van der Waals surface area contributed by atoms with Crippen molar-refractivity contribution in [3.05, 3.63) is 87.1 Å². The summed E-state index contributed by atoms with van der Waals surface area (Å²) in [7, 11) is 0. The Labute approximate surface area is 153 Å². The topological polar surface area (TPSA) is 101 Å². The molecule has 7 nitrogen and oxygen atoms in total. The van der Waals surface area contributed by atoms with Gasteiger partial charge in [-0.2, -0.15) is 0 Å². The molecule has 2 amide bonds. The van der Waals surface area contributed by atoms with Crippen molar-refractivity contribution in [3.63, 3.8) is 0 Å². The molecule has 1 aliphatic rings. The van der Waals surface area contributed by atoms with Gasteiger partial charge in [0.1, 0.15) is 0 Å². The molecule has 3 rings (SSSR count). The molecule has 1 saturated heterocycles. The summed E-state index contributed by atoms with van der Waals surface area (Å²) in [5, 5.41) is 16.9. The van der Waals surface area contributed by atoms with Gasteiger partial charge in [0, 0.05) is 22.3 Å². The molecule has 0 unspecified atom stereocenters. The molecule has 26 heavy (non-hydrogen) atoms. The molecule has 1 fully saturated rings. The summed E-state index contributed by atoms with van der Waals surface area (Å²) in [5.41, 5.74) is 0.598. The number of amides is 2. The monoisotopic (exact) mass is 371 g/mol. The Morgan fingerprint density at radius 3 is 2.46 bits per heavy atom. The first kappa shape index (κ1) is 17.6. The van der Waals surface area contributed by atoms with Crippen molar-refractivity contribution in [2.45, 2.75) is 6.04 Å². The molecule has 1 heterocycles. The Morgan fingerprint density at radius 1 is 1.15 bits per heavy atom. The second-order valence-electron chi connectivity index (χ2n) is 5.77. The smallest absolute Gasteiger partial charge is 0.319 e. The Bertz CT molecular complexity index is 911. The number of benzene rings is 2. The van der Waals surface area contributed by atoms with Crippen LogP contribution in [0.1, 0.15) is 22.0 Å². The fourth-order valence-electron chi connectivity index (χ4n) is 2.96. The van der Waals surface area contributed by atoms with E-state index in [1.807, 2.05) is 0 Å². The van der Waals surface area contributed by atoms with E-state index in [2.05, 4.69) is 17.2 Å². The molecule has 0 aromatic heterocycles. The standard InChI is InChI=1S/C18H14ClN3O4/c1-10-15(17(23)11-6-8-12(19)9-7-11)16(21-18(24)20-10)13-4-2-3-5-14(13)22(25)26/h2-9,15-16H,1H2,(H2,20,21,24)/t15-,16-/m0/s1. The summed E-state index contributed by atoms with van der Waals surface area (Å²) >= 11 is 5.86. The fraction of sp³-hybridized carbons (Fsp3) is 0.111. The van der Waals surface area contributed by atoms with Gasteiger partial charge in [-0.1, -0.05) is 36.4 Å². The molecule has 0 spiro atoms. The van der Waals surface area contributed by atoms with E-state index in [1.165, 1.54) is 18.2 Å². The lowest BCUT2D eigenvalue weighted by molar-refractivity contribution is -0.385. The second-order valence-corrected chi connectivity index (χ2v) is 6.20. The highest BCUT2D eigenvalue weighted by atomic mass is 35.5. The van der Waals surface area contributed by atoms with E-state index in [9.17, 15) is 19.7 Å². The highest BCUT2D eigenvalue weighted by molar-refractivity contribution is 6.30. The number of urea groups is 1. The highest BCUT2D eigenvalue weighted by Gasteiger charge is 2.40. The van der Waals surface area contributed by atoms with Crippen LogP contribution in [0.5, 0.6) is 0 Å². The van der Waals surface area contributed by atoms with Crippen molar-refractivity contribution in [1.82, 2.24) is 10.6 Å². The first-order valence-electron chi connectivity index (χ1n) is 7.68. The Hall–Kier alpha value is -3.19. The number of Topliss-reactive ketones (excluding diaryl/α,β-unsaturated/α-hetero) is 1. The third-order valence-corrected chi connectivity index (χ3v) is 4.40. The average Bonchev–Trinajstić information content (AvgIpc) is 2.61.